The average molecular weight is 624 g/mol. The Bertz CT molecular complexity index is 1290. The molecule has 1 amide bonds. The van der Waals surface area contributed by atoms with Gasteiger partial charge in [0.05, 0.1) is 6.42 Å². The molecule has 0 radical (unpaired) electrons. The summed E-state index contributed by atoms with van der Waals surface area (Å²) in [7, 11) is 0. The van der Waals surface area contributed by atoms with E-state index in [0.29, 0.717) is 42.3 Å². The number of fused-ring (bicyclic) bond motifs is 5. The van der Waals surface area contributed by atoms with Gasteiger partial charge >= 0.3 is 18.0 Å². The van der Waals surface area contributed by atoms with Crippen LogP contribution in [0.3, 0.4) is 0 Å². The Kier molecular flexibility index (Phi) is 9.20. The first-order chi connectivity index (χ1) is 21.1. The Hall–Kier alpha value is -2.90. The molecular weight excluding hydrogens is 570 g/mol. The van der Waals surface area contributed by atoms with Crippen molar-refractivity contribution >= 4 is 23.8 Å². The Balaban J connectivity index is 1.41. The predicted octanol–water partition coefficient (Wildman–Crippen LogP) is 7.33. The number of Topliss-reactive ketones (excluding diaryl/α,β-unsaturated/α-hetero) is 1. The number of hydrogen-bond acceptors (Lipinski definition) is 6. The van der Waals surface area contributed by atoms with Crippen molar-refractivity contribution in [3.05, 3.63) is 35.9 Å². The van der Waals surface area contributed by atoms with E-state index < -0.39 is 41.5 Å². The molecule has 9 atom stereocenters. The first kappa shape index (κ1) is 33.5. The molecule has 5 rings (SSSR count). The van der Waals surface area contributed by atoms with E-state index in [4.69, 9.17) is 9.47 Å². The maximum Gasteiger partial charge on any atom is 0.408 e. The minimum atomic E-state index is -1.76. The molecule has 0 heterocycles. The fourth-order valence-electron chi connectivity index (χ4n) is 10.5. The molecule has 4 saturated carbocycles. The molecule has 0 bridgehead atoms. The third-order valence-electron chi connectivity index (χ3n) is 12.6. The molecule has 4 aliphatic rings. The lowest BCUT2D eigenvalue weighted by atomic mass is 9.43. The summed E-state index contributed by atoms with van der Waals surface area (Å²) in [4.78, 5) is 52.4. The maximum absolute atomic E-state index is 14.1. The molecule has 2 N–H and O–H groups in total. The number of carbonyl (C=O) groups is 4. The molecule has 4 unspecified atom stereocenters. The summed E-state index contributed by atoms with van der Waals surface area (Å²) in [5, 5.41) is 12.9. The van der Waals surface area contributed by atoms with Crippen LogP contribution in [0.1, 0.15) is 111 Å². The molecule has 8 heteroatoms. The van der Waals surface area contributed by atoms with Gasteiger partial charge < -0.3 is 19.9 Å². The quantitative estimate of drug-likeness (QED) is 0.291. The molecule has 1 aromatic rings. The Morgan fingerprint density at radius 3 is 2.22 bits per heavy atom. The molecule has 8 nitrogen and oxygen atoms in total. The SMILES string of the molecule is CC(=O)[C@H]1CCC2C3CCC4C[C@@H]([C@](CC(=O)O)(NC(=O)OC(C)(C)C)C(=O)OCc5ccccc5)CC[C@]4(C)C3CC[C@@]21C. The van der Waals surface area contributed by atoms with Gasteiger partial charge in [-0.05, 0) is 131 Å². The number of ether oxygens (including phenoxy) is 2. The third kappa shape index (κ3) is 6.40. The van der Waals surface area contributed by atoms with Crippen LogP contribution in [0.25, 0.3) is 0 Å². The number of hydrogen-bond donors (Lipinski definition) is 2. The van der Waals surface area contributed by atoms with Crippen molar-refractivity contribution in [2.24, 2.45) is 46.3 Å². The van der Waals surface area contributed by atoms with E-state index in [1.807, 2.05) is 30.3 Å². The fourth-order valence-corrected chi connectivity index (χ4v) is 10.5. The molecule has 0 spiro atoms. The lowest BCUT2D eigenvalue weighted by Crippen LogP contribution is -2.64. The molecule has 4 aliphatic carbocycles. The normalized spacial score (nSPS) is 35.5. The van der Waals surface area contributed by atoms with Gasteiger partial charge in [0, 0.05) is 5.92 Å². The maximum atomic E-state index is 14.1. The van der Waals surface area contributed by atoms with Gasteiger partial charge in [-0.25, -0.2) is 9.59 Å². The number of rotatable bonds is 8. The van der Waals surface area contributed by atoms with Crippen LogP contribution in [0.4, 0.5) is 4.79 Å². The monoisotopic (exact) mass is 623 g/mol. The highest BCUT2D eigenvalue weighted by Crippen LogP contribution is 2.68. The third-order valence-corrected chi connectivity index (χ3v) is 12.6. The smallest absolute Gasteiger partial charge is 0.408 e. The lowest BCUT2D eigenvalue weighted by molar-refractivity contribution is -0.166. The van der Waals surface area contributed by atoms with Gasteiger partial charge in [0.2, 0.25) is 0 Å². The Morgan fingerprint density at radius 1 is 0.911 bits per heavy atom. The summed E-state index contributed by atoms with van der Waals surface area (Å²) in [6.07, 6.45) is 7.11. The largest absolute Gasteiger partial charge is 0.481 e. The van der Waals surface area contributed by atoms with Crippen molar-refractivity contribution in [1.29, 1.82) is 0 Å². The van der Waals surface area contributed by atoms with Gasteiger partial charge in [-0.15, -0.1) is 0 Å². The number of benzene rings is 1. The van der Waals surface area contributed by atoms with Crippen LogP contribution in [-0.2, 0) is 30.5 Å². The van der Waals surface area contributed by atoms with Gasteiger partial charge in [-0.2, -0.15) is 0 Å². The molecule has 45 heavy (non-hydrogen) atoms. The molecule has 0 aromatic heterocycles. The molecule has 248 valence electrons. The summed E-state index contributed by atoms with van der Waals surface area (Å²) in [5.74, 6) is 0.179. The zero-order valence-electron chi connectivity index (χ0n) is 28.0. The van der Waals surface area contributed by atoms with E-state index in [9.17, 15) is 24.3 Å². The Labute approximate surface area is 268 Å². The number of nitrogens with one attached hydrogen (secondary N) is 1. The van der Waals surface area contributed by atoms with Crippen LogP contribution in [0.15, 0.2) is 30.3 Å². The van der Waals surface area contributed by atoms with E-state index in [0.717, 1.165) is 50.5 Å². The number of amides is 1. The van der Waals surface area contributed by atoms with Crippen molar-refractivity contribution in [2.75, 3.05) is 0 Å². The predicted molar refractivity (Wildman–Crippen MR) is 170 cm³/mol. The molecule has 1 aromatic carbocycles. The second kappa shape index (κ2) is 12.4. The van der Waals surface area contributed by atoms with Crippen molar-refractivity contribution in [2.45, 2.75) is 123 Å². The van der Waals surface area contributed by atoms with Gasteiger partial charge in [-0.3, -0.25) is 9.59 Å². The zero-order chi connectivity index (χ0) is 32.8. The van der Waals surface area contributed by atoms with Crippen LogP contribution in [0.5, 0.6) is 0 Å². The highest BCUT2D eigenvalue weighted by atomic mass is 16.6. The molecule has 4 fully saturated rings. The lowest BCUT2D eigenvalue weighted by Gasteiger charge is -2.62. The van der Waals surface area contributed by atoms with Crippen molar-refractivity contribution in [3.8, 4) is 0 Å². The van der Waals surface area contributed by atoms with E-state index in [1.165, 1.54) is 0 Å². The summed E-state index contributed by atoms with van der Waals surface area (Å²) < 4.78 is 11.4. The highest BCUT2D eigenvalue weighted by Gasteiger charge is 2.62. The molecular formula is C37H53NO7. The number of ketones is 1. The number of aliphatic carboxylic acids is 1. The number of carboxylic acid groups (broad SMARTS) is 1. The van der Waals surface area contributed by atoms with Crippen molar-refractivity contribution < 1.29 is 33.8 Å². The van der Waals surface area contributed by atoms with E-state index in [1.54, 1.807) is 27.7 Å². The standard InChI is InChI=1S/C37H53NO7/c1-23(39)28-14-15-29-27-13-12-25-20-26(16-18-35(25,5)30(27)17-19-36(28,29)6)37(21-31(40)41,38-33(43)45-34(2,3)4)32(42)44-22-24-10-8-7-9-11-24/h7-11,25-30H,12-22H2,1-6H3,(H,38,43)(H,40,41)/t25?,26-,27?,28+,29?,30?,35-,36+,37-/m0/s1. The topological polar surface area (TPSA) is 119 Å². The van der Waals surface area contributed by atoms with Crippen LogP contribution in [0, 0.1) is 46.3 Å². The minimum absolute atomic E-state index is 0.0178. The summed E-state index contributed by atoms with van der Waals surface area (Å²) in [6.45, 7) is 11.7. The molecule has 0 aliphatic heterocycles. The van der Waals surface area contributed by atoms with Crippen LogP contribution in [-0.4, -0.2) is 40.1 Å². The number of carboxylic acids is 1. The van der Waals surface area contributed by atoms with Crippen LogP contribution < -0.4 is 5.32 Å². The van der Waals surface area contributed by atoms with Crippen LogP contribution in [0.2, 0.25) is 0 Å². The Morgan fingerprint density at radius 2 is 1.58 bits per heavy atom. The minimum Gasteiger partial charge on any atom is -0.481 e. The highest BCUT2D eigenvalue weighted by molar-refractivity contribution is 5.90. The zero-order valence-corrected chi connectivity index (χ0v) is 28.0. The fraction of sp³-hybridized carbons (Fsp3) is 0.730. The second-order valence-corrected chi connectivity index (χ2v) is 16.1. The van der Waals surface area contributed by atoms with E-state index in [-0.39, 0.29) is 23.4 Å². The van der Waals surface area contributed by atoms with Crippen molar-refractivity contribution in [3.63, 3.8) is 0 Å². The first-order valence-corrected chi connectivity index (χ1v) is 17.0. The van der Waals surface area contributed by atoms with Gasteiger partial charge in [0.25, 0.3) is 0 Å². The van der Waals surface area contributed by atoms with Crippen molar-refractivity contribution in [1.82, 2.24) is 5.32 Å². The summed E-state index contributed by atoms with van der Waals surface area (Å²) in [5.41, 5.74) is -1.65. The number of alkyl carbamates (subject to hydrolysis) is 1. The molecule has 0 saturated heterocycles. The van der Waals surface area contributed by atoms with E-state index >= 15 is 0 Å². The van der Waals surface area contributed by atoms with Gasteiger partial charge in [-0.1, -0.05) is 44.2 Å². The van der Waals surface area contributed by atoms with Gasteiger partial charge in [0.15, 0.2) is 5.54 Å². The van der Waals surface area contributed by atoms with Gasteiger partial charge in [0.1, 0.15) is 18.0 Å². The summed E-state index contributed by atoms with van der Waals surface area (Å²) in [6, 6.07) is 9.26. The number of esters is 1. The first-order valence-electron chi connectivity index (χ1n) is 17.0. The summed E-state index contributed by atoms with van der Waals surface area (Å²) >= 11 is 0. The number of carbonyl (C=O) groups excluding carboxylic acids is 3. The average Bonchev–Trinajstić information content (AvgIpc) is 3.32. The second-order valence-electron chi connectivity index (χ2n) is 16.1. The van der Waals surface area contributed by atoms with Crippen LogP contribution >= 0.6 is 0 Å². The van der Waals surface area contributed by atoms with E-state index in [2.05, 4.69) is 19.2 Å².